The number of aromatic nitrogens is 4. The Morgan fingerprint density at radius 3 is 2.60 bits per heavy atom. The van der Waals surface area contributed by atoms with Crippen LogP contribution in [0.5, 0.6) is 11.5 Å². The molecule has 1 saturated heterocycles. The first-order valence-corrected chi connectivity index (χ1v) is 14.0. The predicted octanol–water partition coefficient (Wildman–Crippen LogP) is 7.07. The second-order valence-corrected chi connectivity index (χ2v) is 11.3. The molecule has 5 rings (SSSR count). The molecule has 1 unspecified atom stereocenters. The first-order chi connectivity index (χ1) is 20.3. The van der Waals surface area contributed by atoms with Crippen molar-refractivity contribution < 1.29 is 36.9 Å². The van der Waals surface area contributed by atoms with Crippen molar-refractivity contribution >= 4 is 40.0 Å². The van der Waals surface area contributed by atoms with Crippen LogP contribution in [0.1, 0.15) is 52.0 Å². The summed E-state index contributed by atoms with van der Waals surface area (Å²) in [6.45, 7) is 5.46. The molecule has 2 aromatic heterocycles. The van der Waals surface area contributed by atoms with E-state index in [2.05, 4.69) is 15.5 Å². The van der Waals surface area contributed by atoms with Gasteiger partial charge in [-0.15, -0.1) is 0 Å². The number of esters is 1. The molecular formula is C29H31ClF3N5O5. The van der Waals surface area contributed by atoms with E-state index in [-0.39, 0.29) is 40.9 Å². The van der Waals surface area contributed by atoms with Gasteiger partial charge < -0.3 is 24.3 Å². The number of carbonyl (C=O) groups is 1. The van der Waals surface area contributed by atoms with E-state index in [1.807, 2.05) is 0 Å². The number of benzene rings is 2. The zero-order chi connectivity index (χ0) is 30.9. The molecule has 3 heterocycles. The van der Waals surface area contributed by atoms with Crippen molar-refractivity contribution in [3.05, 3.63) is 53.3 Å². The first kappa shape index (κ1) is 30.5. The Balaban J connectivity index is 1.45. The van der Waals surface area contributed by atoms with Gasteiger partial charge in [0.2, 0.25) is 0 Å². The van der Waals surface area contributed by atoms with Crippen LogP contribution >= 0.6 is 11.6 Å². The second kappa shape index (κ2) is 12.0. The lowest BCUT2D eigenvalue weighted by Crippen LogP contribution is -2.27. The number of nitrogens with zero attached hydrogens (tertiary/aromatic N) is 4. The molecule has 43 heavy (non-hydrogen) atoms. The van der Waals surface area contributed by atoms with E-state index >= 15 is 0 Å². The zero-order valence-corrected chi connectivity index (χ0v) is 24.8. The van der Waals surface area contributed by atoms with Crippen LogP contribution in [0.3, 0.4) is 0 Å². The van der Waals surface area contributed by atoms with Crippen LogP contribution in [0.15, 0.2) is 42.6 Å². The summed E-state index contributed by atoms with van der Waals surface area (Å²) in [6.07, 6.45) is -0.472. The fourth-order valence-electron chi connectivity index (χ4n) is 4.69. The Labute approximate surface area is 250 Å². The fourth-order valence-corrected chi connectivity index (χ4v) is 4.94. The lowest BCUT2D eigenvalue weighted by molar-refractivity contribution is -0.157. The minimum absolute atomic E-state index is 0.000979. The molecule has 0 amide bonds. The molecule has 0 aliphatic carbocycles. The average molecular weight is 622 g/mol. The van der Waals surface area contributed by atoms with Gasteiger partial charge in [0.15, 0.2) is 30.0 Å². The van der Waals surface area contributed by atoms with Gasteiger partial charge in [0, 0.05) is 24.1 Å². The van der Waals surface area contributed by atoms with Crippen molar-refractivity contribution in [1.29, 1.82) is 0 Å². The summed E-state index contributed by atoms with van der Waals surface area (Å²) in [7, 11) is 1.37. The SMILES string of the molecule is COc1cc(-n2nc(C(F)(F)F)cc2Nc2ccc3c(cnn3C3CCCCO3)c2Cl)ccc1OCC(=O)OC(C)(C)C. The summed E-state index contributed by atoms with van der Waals surface area (Å²) < 4.78 is 66.2. The monoisotopic (exact) mass is 621 g/mol. The number of alkyl halides is 3. The maximum Gasteiger partial charge on any atom is 0.435 e. The smallest absolute Gasteiger partial charge is 0.435 e. The molecule has 1 atom stereocenters. The van der Waals surface area contributed by atoms with Crippen molar-refractivity contribution in [2.24, 2.45) is 0 Å². The summed E-state index contributed by atoms with van der Waals surface area (Å²) in [5.41, 5.74) is -0.458. The summed E-state index contributed by atoms with van der Waals surface area (Å²) in [4.78, 5) is 12.1. The van der Waals surface area contributed by atoms with Crippen LogP contribution in [-0.4, -0.2) is 51.5 Å². The quantitative estimate of drug-likeness (QED) is 0.209. The van der Waals surface area contributed by atoms with Gasteiger partial charge in [0.05, 0.1) is 35.2 Å². The third kappa shape index (κ3) is 6.83. The normalized spacial score (nSPS) is 15.9. The summed E-state index contributed by atoms with van der Waals surface area (Å²) in [5.74, 6) is -0.214. The van der Waals surface area contributed by atoms with Gasteiger partial charge in [0.1, 0.15) is 11.4 Å². The lowest BCUT2D eigenvalue weighted by Gasteiger charge is -2.23. The molecule has 0 saturated carbocycles. The van der Waals surface area contributed by atoms with Gasteiger partial charge in [-0.1, -0.05) is 11.6 Å². The summed E-state index contributed by atoms with van der Waals surface area (Å²) >= 11 is 6.72. The van der Waals surface area contributed by atoms with Crippen molar-refractivity contribution in [1.82, 2.24) is 19.6 Å². The Kier molecular flexibility index (Phi) is 8.48. The number of ether oxygens (including phenoxy) is 4. The lowest BCUT2D eigenvalue weighted by atomic mass is 10.2. The number of hydrogen-bond acceptors (Lipinski definition) is 8. The molecule has 1 N–H and O–H groups in total. The molecule has 0 spiro atoms. The van der Waals surface area contributed by atoms with Gasteiger partial charge >= 0.3 is 12.1 Å². The van der Waals surface area contributed by atoms with E-state index in [1.54, 1.807) is 43.8 Å². The van der Waals surface area contributed by atoms with Crippen molar-refractivity contribution in [3.8, 4) is 17.2 Å². The van der Waals surface area contributed by atoms with E-state index < -0.39 is 23.4 Å². The topological polar surface area (TPSA) is 102 Å². The molecule has 2 aromatic carbocycles. The number of methoxy groups -OCH3 is 1. The molecule has 0 radical (unpaired) electrons. The molecular weight excluding hydrogens is 591 g/mol. The third-order valence-corrected chi connectivity index (χ3v) is 6.97. The second-order valence-electron chi connectivity index (χ2n) is 10.9. The Morgan fingerprint density at radius 2 is 1.93 bits per heavy atom. The van der Waals surface area contributed by atoms with Crippen LogP contribution in [0.4, 0.5) is 24.7 Å². The zero-order valence-electron chi connectivity index (χ0n) is 24.0. The molecule has 230 valence electrons. The molecule has 0 bridgehead atoms. The van der Waals surface area contributed by atoms with Gasteiger partial charge in [-0.05, 0) is 64.3 Å². The summed E-state index contributed by atoms with van der Waals surface area (Å²) in [5, 5.41) is 12.2. The van der Waals surface area contributed by atoms with Gasteiger partial charge in [-0.2, -0.15) is 23.4 Å². The van der Waals surface area contributed by atoms with Crippen molar-refractivity contribution in [2.75, 3.05) is 25.6 Å². The van der Waals surface area contributed by atoms with Crippen molar-refractivity contribution in [2.45, 2.75) is 58.0 Å². The Bertz CT molecular complexity index is 1620. The molecule has 10 nitrogen and oxygen atoms in total. The summed E-state index contributed by atoms with van der Waals surface area (Å²) in [6, 6.07) is 8.76. The molecule has 14 heteroatoms. The van der Waals surface area contributed by atoms with Gasteiger partial charge in [-0.3, -0.25) is 0 Å². The van der Waals surface area contributed by atoms with Crippen LogP contribution in [-0.2, 0) is 20.4 Å². The van der Waals surface area contributed by atoms with Crippen LogP contribution in [0.25, 0.3) is 16.6 Å². The number of hydrogen-bond donors (Lipinski definition) is 1. The number of nitrogens with one attached hydrogen (secondary N) is 1. The van der Waals surface area contributed by atoms with E-state index in [9.17, 15) is 18.0 Å². The van der Waals surface area contributed by atoms with E-state index in [4.69, 9.17) is 30.5 Å². The number of rotatable bonds is 8. The van der Waals surface area contributed by atoms with Crippen LogP contribution in [0, 0.1) is 0 Å². The number of halogens is 4. The highest BCUT2D eigenvalue weighted by atomic mass is 35.5. The predicted molar refractivity (Wildman–Crippen MR) is 153 cm³/mol. The maximum atomic E-state index is 13.8. The number of fused-ring (bicyclic) bond motifs is 1. The highest BCUT2D eigenvalue weighted by Crippen LogP contribution is 2.38. The number of anilines is 2. The minimum Gasteiger partial charge on any atom is -0.493 e. The first-order valence-electron chi connectivity index (χ1n) is 13.6. The van der Waals surface area contributed by atoms with Crippen molar-refractivity contribution in [3.63, 3.8) is 0 Å². The molecule has 1 aliphatic heterocycles. The largest absolute Gasteiger partial charge is 0.493 e. The third-order valence-electron chi connectivity index (χ3n) is 6.56. The molecule has 1 fully saturated rings. The van der Waals surface area contributed by atoms with Crippen LogP contribution < -0.4 is 14.8 Å². The van der Waals surface area contributed by atoms with E-state index in [0.717, 1.165) is 35.5 Å². The fraction of sp³-hybridized carbons (Fsp3) is 0.414. The molecule has 1 aliphatic rings. The maximum absolute atomic E-state index is 13.8. The minimum atomic E-state index is -4.71. The average Bonchev–Trinajstić information content (AvgIpc) is 3.58. The van der Waals surface area contributed by atoms with Crippen LogP contribution in [0.2, 0.25) is 5.02 Å². The van der Waals surface area contributed by atoms with E-state index in [1.165, 1.54) is 25.3 Å². The molecule has 4 aromatic rings. The highest BCUT2D eigenvalue weighted by Gasteiger charge is 2.35. The number of carbonyl (C=O) groups excluding carboxylic acids is 1. The van der Waals surface area contributed by atoms with Gasteiger partial charge in [0.25, 0.3) is 0 Å². The van der Waals surface area contributed by atoms with Gasteiger partial charge in [-0.25, -0.2) is 14.2 Å². The Hall–Kier alpha value is -3.97. The Morgan fingerprint density at radius 1 is 1.14 bits per heavy atom. The highest BCUT2D eigenvalue weighted by molar-refractivity contribution is 6.38. The standard InChI is InChI=1S/C29H31ClF3N5O5/c1-28(2,3)43-26(39)16-42-21-11-8-17(13-22(21)40-4)37-24(14-23(36-37)29(31,32)33)35-19-9-10-20-18(27(19)30)15-34-38(20)25-7-5-6-12-41-25/h8-11,13-15,25,35H,5-7,12,16H2,1-4H3. The van der Waals surface area contributed by atoms with E-state index in [0.29, 0.717) is 17.7 Å².